The molecule has 1 aromatic carbocycles. The third-order valence-electron chi connectivity index (χ3n) is 1.61. The van der Waals surface area contributed by atoms with E-state index in [4.69, 9.17) is 5.84 Å². The van der Waals surface area contributed by atoms with Gasteiger partial charge in [-0.25, -0.2) is 4.98 Å². The summed E-state index contributed by atoms with van der Waals surface area (Å²) in [7, 11) is 0. The summed E-state index contributed by atoms with van der Waals surface area (Å²) in [5.74, 6) is 5.27. The van der Waals surface area contributed by atoms with E-state index in [0.29, 0.717) is 0 Å². The Hall–Kier alpha value is -1.55. The summed E-state index contributed by atoms with van der Waals surface area (Å²) in [5, 5.41) is 0. The number of nitrogens with one attached hydrogen (secondary N) is 2. The van der Waals surface area contributed by atoms with Crippen molar-refractivity contribution in [3.05, 3.63) is 24.5 Å². The van der Waals surface area contributed by atoms with Crippen LogP contribution in [0.1, 0.15) is 0 Å². The van der Waals surface area contributed by atoms with Crippen LogP contribution in [0.4, 0.5) is 5.69 Å². The van der Waals surface area contributed by atoms with Gasteiger partial charge < -0.3 is 10.4 Å². The first kappa shape index (κ1) is 6.18. The van der Waals surface area contributed by atoms with Crippen molar-refractivity contribution in [1.82, 2.24) is 9.97 Å². The fourth-order valence-corrected chi connectivity index (χ4v) is 1.08. The van der Waals surface area contributed by atoms with Crippen molar-refractivity contribution < 1.29 is 0 Å². The lowest BCUT2D eigenvalue weighted by Gasteiger charge is -1.98. The van der Waals surface area contributed by atoms with Crippen molar-refractivity contribution in [2.75, 3.05) is 5.43 Å². The number of hydrazine groups is 1. The van der Waals surface area contributed by atoms with Gasteiger partial charge in [0, 0.05) is 0 Å². The van der Waals surface area contributed by atoms with E-state index < -0.39 is 0 Å². The van der Waals surface area contributed by atoms with E-state index in [1.54, 1.807) is 6.33 Å². The van der Waals surface area contributed by atoms with E-state index in [1.165, 1.54) is 0 Å². The quantitative estimate of drug-likeness (QED) is 0.415. The van der Waals surface area contributed by atoms with E-state index in [-0.39, 0.29) is 0 Å². The number of benzene rings is 1. The second kappa shape index (κ2) is 2.25. The lowest BCUT2D eigenvalue weighted by molar-refractivity contribution is 1.33. The van der Waals surface area contributed by atoms with E-state index >= 15 is 0 Å². The Kier molecular flexibility index (Phi) is 1.26. The van der Waals surface area contributed by atoms with Gasteiger partial charge in [0.25, 0.3) is 0 Å². The molecule has 4 nitrogen and oxygen atoms in total. The number of para-hydroxylation sites is 1. The monoisotopic (exact) mass is 148 g/mol. The molecule has 2 rings (SSSR count). The molecule has 2 aromatic rings. The molecule has 0 amide bonds. The zero-order valence-electron chi connectivity index (χ0n) is 5.83. The maximum atomic E-state index is 5.27. The molecule has 4 N–H and O–H groups in total. The maximum Gasteiger partial charge on any atom is 0.113 e. The summed E-state index contributed by atoms with van der Waals surface area (Å²) < 4.78 is 0. The minimum absolute atomic E-state index is 0.837. The van der Waals surface area contributed by atoms with Gasteiger partial charge in [-0.15, -0.1) is 0 Å². The number of H-pyrrole nitrogens is 1. The van der Waals surface area contributed by atoms with Crippen LogP contribution >= 0.6 is 0 Å². The van der Waals surface area contributed by atoms with Crippen molar-refractivity contribution in [3.8, 4) is 0 Å². The molecule has 0 aliphatic carbocycles. The average Bonchev–Trinajstić information content (AvgIpc) is 2.50. The van der Waals surface area contributed by atoms with Crippen LogP contribution in [0, 0.1) is 0 Å². The molecule has 56 valence electrons. The summed E-state index contributed by atoms with van der Waals surface area (Å²) in [6, 6.07) is 5.74. The van der Waals surface area contributed by atoms with Crippen LogP contribution in [0.5, 0.6) is 0 Å². The first-order chi connectivity index (χ1) is 5.42. The van der Waals surface area contributed by atoms with Crippen molar-refractivity contribution in [2.24, 2.45) is 5.84 Å². The zero-order valence-corrected chi connectivity index (χ0v) is 5.83. The molecule has 0 aliphatic heterocycles. The lowest BCUT2D eigenvalue weighted by Crippen LogP contribution is -2.06. The Morgan fingerprint density at radius 2 is 2.36 bits per heavy atom. The molecule has 0 atom stereocenters. The number of nitrogens with two attached hydrogens (primary N) is 1. The normalized spacial score (nSPS) is 10.3. The highest BCUT2D eigenvalue weighted by molar-refractivity contribution is 5.87. The largest absolute Gasteiger partial charge is 0.345 e. The van der Waals surface area contributed by atoms with Gasteiger partial charge in [0.15, 0.2) is 0 Å². The number of aromatic nitrogens is 2. The molecule has 11 heavy (non-hydrogen) atoms. The number of aromatic amines is 1. The highest BCUT2D eigenvalue weighted by Crippen LogP contribution is 2.17. The van der Waals surface area contributed by atoms with Gasteiger partial charge in [-0.3, -0.25) is 5.84 Å². The number of fused-ring (bicyclic) bond motifs is 1. The minimum Gasteiger partial charge on any atom is -0.345 e. The summed E-state index contributed by atoms with van der Waals surface area (Å²) in [6.07, 6.45) is 1.64. The Morgan fingerprint density at radius 1 is 1.45 bits per heavy atom. The topological polar surface area (TPSA) is 66.7 Å². The van der Waals surface area contributed by atoms with Crippen LogP contribution in [0.25, 0.3) is 11.0 Å². The van der Waals surface area contributed by atoms with E-state index in [0.717, 1.165) is 16.7 Å². The molecule has 0 bridgehead atoms. The predicted molar refractivity (Wildman–Crippen MR) is 43.9 cm³/mol. The van der Waals surface area contributed by atoms with Crippen LogP contribution in [0.15, 0.2) is 24.5 Å². The molecule has 1 aromatic heterocycles. The second-order valence-corrected chi connectivity index (χ2v) is 2.25. The van der Waals surface area contributed by atoms with E-state index in [2.05, 4.69) is 15.4 Å². The number of rotatable bonds is 1. The molecule has 0 radical (unpaired) electrons. The summed E-state index contributed by atoms with van der Waals surface area (Å²) in [4.78, 5) is 7.08. The Morgan fingerprint density at radius 3 is 3.18 bits per heavy atom. The maximum absolute atomic E-state index is 5.27. The highest BCUT2D eigenvalue weighted by Gasteiger charge is 1.98. The molecule has 4 heteroatoms. The fourth-order valence-electron chi connectivity index (χ4n) is 1.08. The Bertz CT molecular complexity index is 365. The van der Waals surface area contributed by atoms with Crippen molar-refractivity contribution in [3.63, 3.8) is 0 Å². The smallest absolute Gasteiger partial charge is 0.113 e. The first-order valence-electron chi connectivity index (χ1n) is 3.30. The molecule has 0 aliphatic rings. The zero-order chi connectivity index (χ0) is 7.68. The number of imidazole rings is 1. The van der Waals surface area contributed by atoms with Crippen molar-refractivity contribution in [1.29, 1.82) is 0 Å². The second-order valence-electron chi connectivity index (χ2n) is 2.25. The molecule has 1 heterocycles. The lowest BCUT2D eigenvalue weighted by atomic mass is 10.3. The molecule has 0 saturated carbocycles. The SMILES string of the molecule is NNc1cccc2[nH]cnc12. The van der Waals surface area contributed by atoms with E-state index in [9.17, 15) is 0 Å². The molecule has 0 fully saturated rings. The Labute approximate surface area is 63.4 Å². The number of hydrogen-bond donors (Lipinski definition) is 3. The van der Waals surface area contributed by atoms with Crippen LogP contribution in [-0.2, 0) is 0 Å². The third-order valence-corrected chi connectivity index (χ3v) is 1.61. The number of nitrogen functional groups attached to an aromatic ring is 1. The predicted octanol–water partition coefficient (Wildman–Crippen LogP) is 0.849. The third kappa shape index (κ3) is 0.841. The summed E-state index contributed by atoms with van der Waals surface area (Å²) >= 11 is 0. The van der Waals surface area contributed by atoms with Crippen LogP contribution < -0.4 is 11.3 Å². The molecule has 0 unspecified atom stereocenters. The summed E-state index contributed by atoms with van der Waals surface area (Å²) in [5.41, 5.74) is 5.27. The minimum atomic E-state index is 0.837. The van der Waals surface area contributed by atoms with E-state index in [1.807, 2.05) is 18.2 Å². The van der Waals surface area contributed by atoms with Gasteiger partial charge in [0.1, 0.15) is 5.52 Å². The molecular weight excluding hydrogens is 140 g/mol. The van der Waals surface area contributed by atoms with Crippen molar-refractivity contribution >= 4 is 16.7 Å². The van der Waals surface area contributed by atoms with Crippen LogP contribution in [-0.4, -0.2) is 9.97 Å². The van der Waals surface area contributed by atoms with Gasteiger partial charge in [0.05, 0.1) is 17.5 Å². The van der Waals surface area contributed by atoms with Gasteiger partial charge in [-0.2, -0.15) is 0 Å². The average molecular weight is 148 g/mol. The number of anilines is 1. The first-order valence-corrected chi connectivity index (χ1v) is 3.30. The molecular formula is C7H8N4. The summed E-state index contributed by atoms with van der Waals surface area (Å²) in [6.45, 7) is 0. The number of hydrogen-bond acceptors (Lipinski definition) is 3. The van der Waals surface area contributed by atoms with Crippen LogP contribution in [0.3, 0.4) is 0 Å². The van der Waals surface area contributed by atoms with Gasteiger partial charge in [0.2, 0.25) is 0 Å². The van der Waals surface area contributed by atoms with Gasteiger partial charge in [-0.05, 0) is 12.1 Å². The molecule has 0 saturated heterocycles. The molecule has 0 spiro atoms. The number of nitrogens with zero attached hydrogens (tertiary/aromatic N) is 1. The fraction of sp³-hybridized carbons (Fsp3) is 0. The van der Waals surface area contributed by atoms with Crippen LogP contribution in [0.2, 0.25) is 0 Å². The highest BCUT2D eigenvalue weighted by atomic mass is 15.2. The van der Waals surface area contributed by atoms with Gasteiger partial charge >= 0.3 is 0 Å². The van der Waals surface area contributed by atoms with Crippen molar-refractivity contribution in [2.45, 2.75) is 0 Å². The standard InChI is InChI=1S/C7H8N4/c8-11-6-3-1-2-5-7(6)10-4-9-5/h1-4,11H,8H2,(H,9,10). The Balaban J connectivity index is 2.79. The van der Waals surface area contributed by atoms with Gasteiger partial charge in [-0.1, -0.05) is 6.07 Å².